The fraction of sp³-hybridized carbons (Fsp3) is 0.444. The number of anilines is 3. The first-order valence-corrected chi connectivity index (χ1v) is 9.52. The molecule has 1 atom stereocenters. The van der Waals surface area contributed by atoms with Crippen LogP contribution in [-0.4, -0.2) is 40.2 Å². The van der Waals surface area contributed by atoms with Crippen molar-refractivity contribution in [3.05, 3.63) is 35.7 Å². The molecule has 0 saturated carbocycles. The number of para-hydroxylation sites is 1. The van der Waals surface area contributed by atoms with Gasteiger partial charge < -0.3 is 16.0 Å². The van der Waals surface area contributed by atoms with E-state index in [9.17, 15) is 4.79 Å². The van der Waals surface area contributed by atoms with Gasteiger partial charge in [0.25, 0.3) is 0 Å². The molecule has 7 nitrogen and oxygen atoms in total. The van der Waals surface area contributed by atoms with Crippen molar-refractivity contribution in [2.75, 3.05) is 30.0 Å². The summed E-state index contributed by atoms with van der Waals surface area (Å²) in [5.74, 6) is 2.03. The molecule has 0 saturated heterocycles. The van der Waals surface area contributed by atoms with Crippen LogP contribution in [0, 0.1) is 0 Å². The molecule has 0 fully saturated rings. The second kappa shape index (κ2) is 8.84. The average molecular weight is 375 g/mol. The molecule has 1 heterocycles. The van der Waals surface area contributed by atoms with Crippen molar-refractivity contribution in [3.8, 4) is 0 Å². The minimum atomic E-state index is -0.254. The van der Waals surface area contributed by atoms with Crippen molar-refractivity contribution in [2.45, 2.75) is 37.7 Å². The fourth-order valence-electron chi connectivity index (χ4n) is 2.31. The normalized spacial score (nSPS) is 12.1. The molecule has 1 aromatic carbocycles. The molecule has 2 aromatic rings. The van der Waals surface area contributed by atoms with Gasteiger partial charge in [-0.2, -0.15) is 15.0 Å². The highest BCUT2D eigenvalue weighted by Gasteiger charge is 2.17. The Kier molecular flexibility index (Phi) is 6.79. The summed E-state index contributed by atoms with van der Waals surface area (Å²) in [5, 5.41) is 2.77. The summed E-state index contributed by atoms with van der Waals surface area (Å²) < 4.78 is 0. The predicted molar refractivity (Wildman–Crippen MR) is 108 cm³/mol. The lowest BCUT2D eigenvalue weighted by atomic mass is 10.0. The van der Waals surface area contributed by atoms with Crippen molar-refractivity contribution in [2.24, 2.45) is 0 Å². The van der Waals surface area contributed by atoms with Gasteiger partial charge in [0.15, 0.2) is 0 Å². The van der Waals surface area contributed by atoms with Crippen LogP contribution in [0.3, 0.4) is 0 Å². The lowest BCUT2D eigenvalue weighted by Crippen LogP contribution is -2.23. The zero-order chi connectivity index (χ0) is 19.3. The molecule has 0 aliphatic rings. The molecule has 2 rings (SSSR count). The van der Waals surface area contributed by atoms with E-state index in [0.29, 0.717) is 23.4 Å². The molecule has 0 spiro atoms. The Balaban J connectivity index is 2.00. The van der Waals surface area contributed by atoms with Gasteiger partial charge >= 0.3 is 0 Å². The summed E-state index contributed by atoms with van der Waals surface area (Å²) in [7, 11) is 3.68. The Morgan fingerprint density at radius 1 is 1.19 bits per heavy atom. The van der Waals surface area contributed by atoms with Gasteiger partial charge in [-0.1, -0.05) is 32.0 Å². The van der Waals surface area contributed by atoms with Crippen LogP contribution < -0.4 is 16.0 Å². The molecule has 0 radical (unpaired) electrons. The molecule has 1 aromatic heterocycles. The number of rotatable bonds is 7. The number of nitrogen functional groups attached to an aromatic ring is 1. The van der Waals surface area contributed by atoms with Gasteiger partial charge in [0, 0.05) is 19.8 Å². The minimum absolute atomic E-state index is 0.0436. The topological polar surface area (TPSA) is 97.0 Å². The van der Waals surface area contributed by atoms with E-state index in [1.807, 2.05) is 45.3 Å². The summed E-state index contributed by atoms with van der Waals surface area (Å²) in [5.41, 5.74) is 7.72. The molecule has 26 heavy (non-hydrogen) atoms. The van der Waals surface area contributed by atoms with Gasteiger partial charge in [-0.25, -0.2) is 0 Å². The van der Waals surface area contributed by atoms with Gasteiger partial charge in [-0.05, 0) is 24.5 Å². The number of benzene rings is 1. The number of hydrogen-bond donors (Lipinski definition) is 2. The van der Waals surface area contributed by atoms with E-state index >= 15 is 0 Å². The highest BCUT2D eigenvalue weighted by atomic mass is 32.2. The first-order valence-electron chi connectivity index (χ1n) is 8.47. The maximum atomic E-state index is 12.5. The first kappa shape index (κ1) is 20.0. The van der Waals surface area contributed by atoms with E-state index < -0.39 is 0 Å². The van der Waals surface area contributed by atoms with E-state index in [4.69, 9.17) is 5.73 Å². The van der Waals surface area contributed by atoms with Gasteiger partial charge in [0.2, 0.25) is 17.8 Å². The van der Waals surface area contributed by atoms with E-state index in [-0.39, 0.29) is 17.1 Å². The average Bonchev–Trinajstić information content (AvgIpc) is 2.59. The third-order valence-electron chi connectivity index (χ3n) is 3.76. The molecular weight excluding hydrogens is 348 g/mol. The van der Waals surface area contributed by atoms with Crippen molar-refractivity contribution >= 4 is 35.3 Å². The Morgan fingerprint density at radius 2 is 1.88 bits per heavy atom. The van der Waals surface area contributed by atoms with Gasteiger partial charge in [0.1, 0.15) is 5.82 Å². The fourth-order valence-corrected chi connectivity index (χ4v) is 3.05. The SMILES string of the molecule is CC(C)c1ccccc1NC(=O)[C@@H](C)SCc1nc(N)nc(N(C)C)n1. The van der Waals surface area contributed by atoms with E-state index in [1.165, 1.54) is 11.8 Å². The Morgan fingerprint density at radius 3 is 2.54 bits per heavy atom. The number of hydrogen-bond acceptors (Lipinski definition) is 7. The van der Waals surface area contributed by atoms with Crippen LogP contribution in [0.25, 0.3) is 0 Å². The molecule has 0 aliphatic carbocycles. The molecule has 3 N–H and O–H groups in total. The standard InChI is InChI=1S/C18H26N6OS/c1-11(2)13-8-6-7-9-14(13)20-16(25)12(3)26-10-15-21-17(19)23-18(22-15)24(4)5/h6-9,11-12H,10H2,1-5H3,(H,20,25)(H2,19,21,22,23)/t12-/m1/s1. The van der Waals surface area contributed by atoms with Crippen LogP contribution in [0.15, 0.2) is 24.3 Å². The zero-order valence-corrected chi connectivity index (χ0v) is 16.7. The van der Waals surface area contributed by atoms with Gasteiger partial charge in [-0.15, -0.1) is 11.8 Å². The number of aromatic nitrogens is 3. The number of carbonyl (C=O) groups excluding carboxylic acids is 1. The summed E-state index contributed by atoms with van der Waals surface area (Å²) in [6, 6.07) is 7.88. The van der Waals surface area contributed by atoms with Gasteiger partial charge in [-0.3, -0.25) is 4.79 Å². The van der Waals surface area contributed by atoms with Crippen LogP contribution >= 0.6 is 11.8 Å². The second-order valence-corrected chi connectivity index (χ2v) is 7.82. The quantitative estimate of drug-likeness (QED) is 0.769. The molecule has 8 heteroatoms. The summed E-state index contributed by atoms with van der Waals surface area (Å²) in [4.78, 5) is 26.9. The van der Waals surface area contributed by atoms with Crippen molar-refractivity contribution in [1.82, 2.24) is 15.0 Å². The minimum Gasteiger partial charge on any atom is -0.368 e. The van der Waals surface area contributed by atoms with E-state index in [0.717, 1.165) is 11.3 Å². The molecule has 0 bridgehead atoms. The van der Waals surface area contributed by atoms with Crippen molar-refractivity contribution < 1.29 is 4.79 Å². The number of nitrogens with two attached hydrogens (primary N) is 1. The van der Waals surface area contributed by atoms with E-state index in [2.05, 4.69) is 34.1 Å². The lowest BCUT2D eigenvalue weighted by molar-refractivity contribution is -0.115. The first-order chi connectivity index (χ1) is 12.3. The van der Waals surface area contributed by atoms with Crippen molar-refractivity contribution in [3.63, 3.8) is 0 Å². The smallest absolute Gasteiger partial charge is 0.237 e. The maximum Gasteiger partial charge on any atom is 0.237 e. The summed E-state index contributed by atoms with van der Waals surface area (Å²) in [6.45, 7) is 6.09. The van der Waals surface area contributed by atoms with Crippen LogP contribution in [0.5, 0.6) is 0 Å². The molecular formula is C18H26N6OS. The van der Waals surface area contributed by atoms with Crippen LogP contribution in [0.1, 0.15) is 38.1 Å². The highest BCUT2D eigenvalue weighted by molar-refractivity contribution is 7.99. The number of thioether (sulfide) groups is 1. The largest absolute Gasteiger partial charge is 0.368 e. The maximum absolute atomic E-state index is 12.5. The number of nitrogens with zero attached hydrogens (tertiary/aromatic N) is 4. The molecule has 0 aliphatic heterocycles. The predicted octanol–water partition coefficient (Wildman–Crippen LogP) is 2.90. The number of amides is 1. The molecule has 0 unspecified atom stereocenters. The second-order valence-electron chi connectivity index (χ2n) is 6.49. The van der Waals surface area contributed by atoms with Crippen molar-refractivity contribution in [1.29, 1.82) is 0 Å². The van der Waals surface area contributed by atoms with Crippen LogP contribution in [-0.2, 0) is 10.5 Å². The summed E-state index contributed by atoms with van der Waals surface area (Å²) >= 11 is 1.46. The lowest BCUT2D eigenvalue weighted by Gasteiger charge is -2.16. The summed E-state index contributed by atoms with van der Waals surface area (Å²) in [6.07, 6.45) is 0. The number of nitrogens with one attached hydrogen (secondary N) is 1. The third-order valence-corrected chi connectivity index (χ3v) is 4.90. The molecule has 1 amide bonds. The zero-order valence-electron chi connectivity index (χ0n) is 15.9. The van der Waals surface area contributed by atoms with Gasteiger partial charge in [0.05, 0.1) is 11.0 Å². The van der Waals surface area contributed by atoms with E-state index in [1.54, 1.807) is 4.90 Å². The van der Waals surface area contributed by atoms with Crippen LogP contribution in [0.2, 0.25) is 0 Å². The Bertz CT molecular complexity index is 765. The highest BCUT2D eigenvalue weighted by Crippen LogP contribution is 2.25. The Hall–Kier alpha value is -2.35. The van der Waals surface area contributed by atoms with Crippen LogP contribution in [0.4, 0.5) is 17.6 Å². The monoisotopic (exact) mass is 374 g/mol. The molecule has 140 valence electrons. The number of carbonyl (C=O) groups is 1. The Labute approximate surface area is 158 Å². The third kappa shape index (κ3) is 5.32.